The predicted molar refractivity (Wildman–Crippen MR) is 474 cm³/mol. The Kier molecular flexibility index (Phi) is 43.4. The number of aromatic nitrogens is 3. The van der Waals surface area contributed by atoms with Crippen LogP contribution in [0.3, 0.4) is 0 Å². The zero-order valence-electron chi connectivity index (χ0n) is 72.7. The molecule has 3 aromatic carbocycles. The van der Waals surface area contributed by atoms with Gasteiger partial charge in [0.1, 0.15) is 84.3 Å². The maximum Gasteiger partial charge on any atom is 0.326 e. The summed E-state index contributed by atoms with van der Waals surface area (Å²) in [6.07, 6.45) is 2.69. The molecule has 0 radical (unpaired) electrons. The number of nitrogens with zero attached hydrogens (tertiary/aromatic N) is 2. The maximum atomic E-state index is 15.3. The summed E-state index contributed by atoms with van der Waals surface area (Å²) in [6, 6.07) is -0.880. The first-order valence-electron chi connectivity index (χ1n) is 42.6. The highest BCUT2D eigenvalue weighted by atomic mass is 32.1. The topological polar surface area (TPSA) is 741 Å². The van der Waals surface area contributed by atoms with Crippen molar-refractivity contribution in [1.82, 2.24) is 94.3 Å². The van der Waals surface area contributed by atoms with E-state index in [1.165, 1.54) is 41.7 Å². The predicted octanol–water partition coefficient (Wildman–Crippen LogP) is -6.26. The number of nitrogens with two attached hydrogens (primary N) is 5. The number of nitrogens with one attached hydrogen (secondary N) is 17. The number of aliphatic hydroxyl groups excluding tert-OH is 2. The van der Waals surface area contributed by atoms with Crippen molar-refractivity contribution >= 4 is 130 Å². The fourth-order valence-electron chi connectivity index (χ4n) is 14.1. The highest BCUT2D eigenvalue weighted by Gasteiger charge is 2.42. The Morgan fingerprint density at radius 2 is 1.08 bits per heavy atom. The van der Waals surface area contributed by atoms with Gasteiger partial charge in [0, 0.05) is 79.9 Å². The van der Waals surface area contributed by atoms with Crippen LogP contribution in [0.15, 0.2) is 97.6 Å². The molecular weight excluding hydrogens is 1710 g/mol. The monoisotopic (exact) mass is 1830 g/mol. The van der Waals surface area contributed by atoms with Gasteiger partial charge in [0.2, 0.25) is 94.5 Å². The zero-order valence-corrected chi connectivity index (χ0v) is 73.6. The number of para-hydroxylation sites is 1. The van der Waals surface area contributed by atoms with Gasteiger partial charge < -0.3 is 138 Å². The summed E-state index contributed by atoms with van der Waals surface area (Å²) in [5.41, 5.74) is 30.1. The fourth-order valence-corrected chi connectivity index (χ4v) is 14.2. The lowest BCUT2D eigenvalue weighted by Gasteiger charge is -2.31. The molecule has 15 atom stereocenters. The number of hydrogen-bond acceptors (Lipinski definition) is 25. The number of carboxylic acids is 1. The van der Waals surface area contributed by atoms with E-state index in [4.69, 9.17) is 34.1 Å². The number of carbonyl (C=O) groups is 17. The molecule has 0 bridgehead atoms. The molecule has 0 spiro atoms. The van der Waals surface area contributed by atoms with Gasteiger partial charge in [-0.2, -0.15) is 12.6 Å². The Morgan fingerprint density at radius 1 is 0.554 bits per heavy atom. The normalized spacial score (nSPS) is 15.6. The zero-order chi connectivity index (χ0) is 95.8. The molecular formula is C84H122N24O21S. The average molecular weight is 1840 g/mol. The van der Waals surface area contributed by atoms with Crippen molar-refractivity contribution in [2.75, 3.05) is 45.1 Å². The Labute approximate surface area is 754 Å². The molecule has 1 saturated heterocycles. The summed E-state index contributed by atoms with van der Waals surface area (Å²) < 4.78 is 0. The molecule has 710 valence electrons. The summed E-state index contributed by atoms with van der Waals surface area (Å²) >= 11 is 4.08. The second-order valence-electron chi connectivity index (χ2n) is 32.0. The molecule has 0 unspecified atom stereocenters. The van der Waals surface area contributed by atoms with Crippen LogP contribution in [-0.4, -0.2) is 276 Å². The number of carboxylic acid groups (broad SMARTS) is 1. The maximum absolute atomic E-state index is 15.3. The number of phenols is 1. The van der Waals surface area contributed by atoms with E-state index in [-0.39, 0.29) is 81.7 Å². The Hall–Kier alpha value is -13.3. The van der Waals surface area contributed by atoms with Crippen LogP contribution in [0.25, 0.3) is 10.9 Å². The molecule has 1 aliphatic rings. The molecule has 0 saturated carbocycles. The van der Waals surface area contributed by atoms with Gasteiger partial charge in [-0.05, 0) is 111 Å². The van der Waals surface area contributed by atoms with E-state index in [0.717, 1.165) is 0 Å². The van der Waals surface area contributed by atoms with Crippen molar-refractivity contribution in [3.05, 3.63) is 120 Å². The lowest BCUT2D eigenvalue weighted by Crippen LogP contribution is -2.62. The van der Waals surface area contributed by atoms with Gasteiger partial charge in [-0.1, -0.05) is 94.8 Å². The number of likely N-dealkylation sites (tertiary alicyclic amines) is 1. The van der Waals surface area contributed by atoms with Crippen LogP contribution < -0.4 is 103 Å². The third-order valence-corrected chi connectivity index (χ3v) is 21.8. The van der Waals surface area contributed by atoms with E-state index in [0.29, 0.717) is 59.8 Å². The van der Waals surface area contributed by atoms with Gasteiger partial charge in [0.15, 0.2) is 5.96 Å². The van der Waals surface area contributed by atoms with Crippen LogP contribution in [0.2, 0.25) is 0 Å². The van der Waals surface area contributed by atoms with Crippen molar-refractivity contribution in [3.8, 4) is 5.75 Å². The Morgan fingerprint density at radius 3 is 1.65 bits per heavy atom. The molecule has 5 aromatic rings. The van der Waals surface area contributed by atoms with Gasteiger partial charge >= 0.3 is 5.97 Å². The minimum Gasteiger partial charge on any atom is -0.508 e. The van der Waals surface area contributed by atoms with Crippen molar-refractivity contribution < 1.29 is 102 Å². The molecule has 6 rings (SSSR count). The molecule has 1 aliphatic heterocycles. The first kappa shape index (κ1) is 105. The van der Waals surface area contributed by atoms with Gasteiger partial charge in [-0.25, -0.2) is 9.78 Å². The summed E-state index contributed by atoms with van der Waals surface area (Å²) in [4.78, 5) is 248. The van der Waals surface area contributed by atoms with Crippen molar-refractivity contribution in [1.29, 1.82) is 5.41 Å². The number of aromatic amines is 2. The highest BCUT2D eigenvalue weighted by Crippen LogP contribution is 2.24. The smallest absolute Gasteiger partial charge is 0.326 e. The van der Waals surface area contributed by atoms with E-state index < -0.39 is 248 Å². The fraction of sp³-hybridized carbons (Fsp3) is 0.512. The quantitative estimate of drug-likeness (QED) is 0.00745. The van der Waals surface area contributed by atoms with Crippen LogP contribution in [0.1, 0.15) is 127 Å². The standard InChI is InChI=1S/C84H122N24O21S/c1-5-45(4)69(107-80(125)65-21-14-30-108(65)82(127)55(19-11-12-28-85)98-70(115)52(86)42-130)81(126)106-63(40-109)71(116)94-39-68(114)96-61(35-49-38-91-43-95-49)77(122)104-62(36-67(88)113)78(123)105-64(41-110)79(124)100-57(31-44(2)3)73(118)101-58(32-46-15-7-6-8-16-46)75(120)103-60(34-48-37-93-53-18-10-9-17-51(48)53)76(121)102-59(33-47-22-24-50(111)25-23-47)74(119)97-54(20-13-29-92-84(89)90)72(117)99-56(83(128)129)26-27-66(87)112/h6-10,15-18,22-25,37-38,43-45,52,54-65,69,93,109-111,130H,5,11-14,19-21,26-36,39-42,85-86H2,1-4H3,(H2,87,112)(H2,88,113)(H,91,95)(H,94,116)(H,96,114)(H,97,119)(H,98,115)(H,99,117)(H,100,124)(H,101,118)(H,102,121)(H,103,120)(H,104,122)(H,105,123)(H,106,126)(H,107,125)(H,128,129)(H4,89,90,92)/t45-,52-,54-,55-,56-,57-,58-,59-,60-,61-,62-,63-,64-,65-,69-/m0/s1. The summed E-state index contributed by atoms with van der Waals surface area (Å²) in [5.74, 6) is -18.9. The van der Waals surface area contributed by atoms with Crippen LogP contribution in [-0.2, 0) is 107 Å². The summed E-state index contributed by atoms with van der Waals surface area (Å²) in [5, 5.41) is 84.8. The second kappa shape index (κ2) is 53.5. The van der Waals surface area contributed by atoms with Gasteiger partial charge in [0.05, 0.1) is 38.5 Å². The number of carbonyl (C=O) groups excluding carboxylic acids is 16. The number of benzene rings is 3. The molecule has 45 nitrogen and oxygen atoms in total. The van der Waals surface area contributed by atoms with Crippen LogP contribution >= 0.6 is 12.6 Å². The van der Waals surface area contributed by atoms with Gasteiger partial charge in [-0.15, -0.1) is 0 Å². The number of fused-ring (bicyclic) bond motifs is 1. The number of aromatic hydroxyl groups is 1. The molecule has 31 N–H and O–H groups in total. The SMILES string of the molecule is CC[C@H](C)[C@H](NC(=O)[C@@H]1CCCN1C(=O)[C@H](CCCCN)NC(=O)[C@@H](N)CS)C(=O)N[C@@H](CO)C(=O)NCC(=O)N[C@@H](Cc1cnc[nH]1)C(=O)N[C@@H](CC(N)=O)C(=O)N[C@@H](CO)C(=O)N[C@@H](CC(C)C)C(=O)N[C@@H](Cc1ccccc1)C(=O)N[C@@H](Cc1c[nH]c2ccccc12)C(=O)N[C@@H](Cc1ccc(O)cc1)C(=O)N[C@@H](CCCNC(=N)N)C(=O)N[C@@H](CCC(N)=O)C(=O)O. The lowest BCUT2D eigenvalue weighted by molar-refractivity contribution is -0.143. The second-order valence-corrected chi connectivity index (χ2v) is 32.3. The molecule has 1 fully saturated rings. The minimum absolute atomic E-state index is 0.00418. The van der Waals surface area contributed by atoms with Crippen LogP contribution in [0.4, 0.5) is 0 Å². The number of hydrogen-bond donors (Lipinski definition) is 27. The Bertz CT molecular complexity index is 4700. The number of primary amides is 2. The third kappa shape index (κ3) is 34.3. The number of imidazole rings is 1. The van der Waals surface area contributed by atoms with Gasteiger partial charge in [0.25, 0.3) is 0 Å². The van der Waals surface area contributed by atoms with E-state index in [9.17, 15) is 92.3 Å². The van der Waals surface area contributed by atoms with E-state index in [1.54, 1.807) is 88.5 Å². The van der Waals surface area contributed by atoms with Crippen LogP contribution in [0.5, 0.6) is 5.75 Å². The number of rotatable bonds is 56. The molecule has 46 heteroatoms. The number of aliphatic hydroxyl groups is 2. The number of H-pyrrole nitrogens is 2. The molecule has 3 heterocycles. The number of phenolic OH excluding ortho intramolecular Hbond substituents is 1. The lowest BCUT2D eigenvalue weighted by atomic mass is 9.97. The largest absolute Gasteiger partial charge is 0.508 e. The minimum atomic E-state index is -1.98. The summed E-state index contributed by atoms with van der Waals surface area (Å²) in [7, 11) is 0. The van der Waals surface area contributed by atoms with Gasteiger partial charge in [-0.3, -0.25) is 82.1 Å². The van der Waals surface area contributed by atoms with Crippen molar-refractivity contribution in [3.63, 3.8) is 0 Å². The Balaban J connectivity index is 1.19. The van der Waals surface area contributed by atoms with Crippen molar-refractivity contribution in [2.24, 2.45) is 40.5 Å². The number of thiol groups is 1. The summed E-state index contributed by atoms with van der Waals surface area (Å²) in [6.45, 7) is 4.03. The number of unbranched alkanes of at least 4 members (excludes halogenated alkanes) is 1. The number of guanidine groups is 1. The van der Waals surface area contributed by atoms with E-state index in [1.807, 2.05) is 0 Å². The first-order chi connectivity index (χ1) is 61.9. The van der Waals surface area contributed by atoms with Crippen LogP contribution in [0, 0.1) is 17.2 Å². The first-order valence-corrected chi connectivity index (χ1v) is 43.2. The highest BCUT2D eigenvalue weighted by molar-refractivity contribution is 7.80. The molecule has 16 amide bonds. The number of amides is 16. The third-order valence-electron chi connectivity index (χ3n) is 21.4. The number of aliphatic carboxylic acids is 1. The molecule has 2 aromatic heterocycles. The van der Waals surface area contributed by atoms with Crippen molar-refractivity contribution in [2.45, 2.75) is 215 Å². The van der Waals surface area contributed by atoms with E-state index in [2.05, 4.69) is 102 Å². The average Bonchev–Trinajstić information content (AvgIpc) is 1.69. The molecule has 0 aliphatic carbocycles. The van der Waals surface area contributed by atoms with E-state index >= 15 is 9.59 Å². The molecule has 130 heavy (non-hydrogen) atoms.